The number of carbonyl (C=O) groups is 1. The van der Waals surface area contributed by atoms with Gasteiger partial charge in [0.15, 0.2) is 0 Å². The van der Waals surface area contributed by atoms with Crippen molar-refractivity contribution in [1.29, 1.82) is 0 Å². The quantitative estimate of drug-likeness (QED) is 0.718. The molecule has 0 spiro atoms. The summed E-state index contributed by atoms with van der Waals surface area (Å²) in [7, 11) is 0. The Kier molecular flexibility index (Phi) is 5.37. The standard InChI is InChI=1S/C25H28N2O2/c1-18(2)24(28)27-13-11-25(29,12-14-27)15-19-7-9-20(10-8-19)23-17-26-16-21-5-3-4-6-22(21)23/h3-10,16-18,29H,11-15H2,1-2H3. The molecular weight excluding hydrogens is 360 g/mol. The summed E-state index contributed by atoms with van der Waals surface area (Å²) in [6, 6.07) is 16.7. The minimum atomic E-state index is -0.740. The van der Waals surface area contributed by atoms with Crippen LogP contribution >= 0.6 is 0 Å². The molecule has 0 bridgehead atoms. The molecule has 2 heterocycles. The highest BCUT2D eigenvalue weighted by Gasteiger charge is 2.34. The van der Waals surface area contributed by atoms with Crippen LogP contribution in [0.4, 0.5) is 0 Å². The third-order valence-corrected chi connectivity index (χ3v) is 5.97. The first-order chi connectivity index (χ1) is 14.0. The van der Waals surface area contributed by atoms with Crippen molar-refractivity contribution in [1.82, 2.24) is 9.88 Å². The van der Waals surface area contributed by atoms with Crippen molar-refractivity contribution in [3.63, 3.8) is 0 Å². The highest BCUT2D eigenvalue weighted by atomic mass is 16.3. The maximum atomic E-state index is 12.2. The zero-order valence-corrected chi connectivity index (χ0v) is 17.1. The van der Waals surface area contributed by atoms with Crippen LogP contribution in [0.25, 0.3) is 21.9 Å². The third-order valence-electron chi connectivity index (χ3n) is 5.97. The molecule has 4 heteroatoms. The first kappa shape index (κ1) is 19.6. The van der Waals surface area contributed by atoms with Gasteiger partial charge in [-0.25, -0.2) is 0 Å². The third kappa shape index (κ3) is 4.18. The Hall–Kier alpha value is -2.72. The first-order valence-electron chi connectivity index (χ1n) is 10.4. The Morgan fingerprint density at radius 1 is 1.07 bits per heavy atom. The molecule has 0 unspecified atom stereocenters. The van der Waals surface area contributed by atoms with Gasteiger partial charge < -0.3 is 10.0 Å². The van der Waals surface area contributed by atoms with Gasteiger partial charge in [-0.1, -0.05) is 62.4 Å². The van der Waals surface area contributed by atoms with Gasteiger partial charge in [-0.2, -0.15) is 0 Å². The minimum Gasteiger partial charge on any atom is -0.389 e. The molecule has 4 nitrogen and oxygen atoms in total. The molecule has 1 aliphatic rings. The van der Waals surface area contributed by atoms with E-state index in [0.29, 0.717) is 32.4 Å². The summed E-state index contributed by atoms with van der Waals surface area (Å²) >= 11 is 0. The number of hydrogen-bond donors (Lipinski definition) is 1. The molecule has 0 aliphatic carbocycles. The summed E-state index contributed by atoms with van der Waals surface area (Å²) < 4.78 is 0. The van der Waals surface area contributed by atoms with E-state index in [-0.39, 0.29) is 11.8 Å². The largest absolute Gasteiger partial charge is 0.389 e. The minimum absolute atomic E-state index is 0.0114. The van der Waals surface area contributed by atoms with E-state index in [1.807, 2.05) is 43.3 Å². The molecule has 29 heavy (non-hydrogen) atoms. The number of fused-ring (bicyclic) bond motifs is 1. The maximum absolute atomic E-state index is 12.2. The maximum Gasteiger partial charge on any atom is 0.225 e. The number of aliphatic hydroxyl groups is 1. The van der Waals surface area contributed by atoms with Crippen molar-refractivity contribution in [3.8, 4) is 11.1 Å². The summed E-state index contributed by atoms with van der Waals surface area (Å²) in [5, 5.41) is 13.4. The Labute approximate surface area is 172 Å². The molecule has 1 fully saturated rings. The van der Waals surface area contributed by atoms with Gasteiger partial charge in [-0.05, 0) is 29.4 Å². The molecule has 1 N–H and O–H groups in total. The highest BCUT2D eigenvalue weighted by molar-refractivity contribution is 5.95. The normalized spacial score (nSPS) is 16.3. The smallest absolute Gasteiger partial charge is 0.225 e. The second kappa shape index (κ2) is 7.96. The SMILES string of the molecule is CC(C)C(=O)N1CCC(O)(Cc2ccc(-c3cncc4ccccc34)cc2)CC1. The van der Waals surface area contributed by atoms with E-state index < -0.39 is 5.60 Å². The van der Waals surface area contributed by atoms with Crippen LogP contribution in [0.3, 0.4) is 0 Å². The van der Waals surface area contributed by atoms with Gasteiger partial charge in [0, 0.05) is 48.8 Å². The topological polar surface area (TPSA) is 53.4 Å². The molecule has 1 amide bonds. The van der Waals surface area contributed by atoms with E-state index in [2.05, 4.69) is 41.4 Å². The molecule has 0 saturated carbocycles. The van der Waals surface area contributed by atoms with Crippen LogP contribution in [0.5, 0.6) is 0 Å². The molecule has 1 saturated heterocycles. The molecule has 1 aromatic heterocycles. The summed E-state index contributed by atoms with van der Waals surface area (Å²) in [5.74, 6) is 0.192. The van der Waals surface area contributed by atoms with Crippen LogP contribution in [-0.2, 0) is 11.2 Å². The number of carbonyl (C=O) groups excluding carboxylic acids is 1. The van der Waals surface area contributed by atoms with E-state index in [1.165, 1.54) is 5.39 Å². The van der Waals surface area contributed by atoms with Crippen LogP contribution in [0.15, 0.2) is 60.9 Å². The summed E-state index contributed by atoms with van der Waals surface area (Å²) in [4.78, 5) is 18.4. The summed E-state index contributed by atoms with van der Waals surface area (Å²) in [6.07, 6.45) is 5.66. The number of rotatable bonds is 4. The predicted molar refractivity (Wildman–Crippen MR) is 116 cm³/mol. The zero-order chi connectivity index (χ0) is 20.4. The van der Waals surface area contributed by atoms with Crippen LogP contribution in [0.2, 0.25) is 0 Å². The van der Waals surface area contributed by atoms with E-state index in [9.17, 15) is 9.90 Å². The number of likely N-dealkylation sites (tertiary alicyclic amines) is 1. The average Bonchev–Trinajstić information content (AvgIpc) is 2.74. The monoisotopic (exact) mass is 388 g/mol. The number of hydrogen-bond acceptors (Lipinski definition) is 3. The molecular formula is C25H28N2O2. The molecule has 0 radical (unpaired) electrons. The van der Waals surface area contributed by atoms with Crippen molar-refractivity contribution in [2.45, 2.75) is 38.7 Å². The van der Waals surface area contributed by atoms with Crippen molar-refractivity contribution < 1.29 is 9.90 Å². The summed E-state index contributed by atoms with van der Waals surface area (Å²) in [6.45, 7) is 5.12. The van der Waals surface area contributed by atoms with Crippen molar-refractivity contribution in [3.05, 3.63) is 66.5 Å². The van der Waals surface area contributed by atoms with Crippen molar-refractivity contribution >= 4 is 16.7 Å². The van der Waals surface area contributed by atoms with Crippen LogP contribution in [-0.4, -0.2) is 39.6 Å². The average molecular weight is 389 g/mol. The second-order valence-electron chi connectivity index (χ2n) is 8.49. The van der Waals surface area contributed by atoms with E-state index >= 15 is 0 Å². The van der Waals surface area contributed by atoms with Crippen LogP contribution in [0, 0.1) is 5.92 Å². The van der Waals surface area contributed by atoms with Crippen molar-refractivity contribution in [2.75, 3.05) is 13.1 Å². The van der Waals surface area contributed by atoms with Crippen LogP contribution in [0.1, 0.15) is 32.3 Å². The molecule has 1 aliphatic heterocycles. The highest BCUT2D eigenvalue weighted by Crippen LogP contribution is 2.30. The van der Waals surface area contributed by atoms with Gasteiger partial charge in [-0.15, -0.1) is 0 Å². The number of pyridine rings is 1. The number of nitrogens with zero attached hydrogens (tertiary/aromatic N) is 2. The number of benzene rings is 2. The summed E-state index contributed by atoms with van der Waals surface area (Å²) in [5.41, 5.74) is 2.63. The van der Waals surface area contributed by atoms with E-state index in [4.69, 9.17) is 0 Å². The van der Waals surface area contributed by atoms with Crippen LogP contribution < -0.4 is 0 Å². The number of piperidine rings is 1. The number of aromatic nitrogens is 1. The predicted octanol–water partition coefficient (Wildman–Crippen LogP) is 4.45. The first-order valence-corrected chi connectivity index (χ1v) is 10.4. The second-order valence-corrected chi connectivity index (χ2v) is 8.49. The lowest BCUT2D eigenvalue weighted by molar-refractivity contribution is -0.138. The molecule has 2 aromatic carbocycles. The molecule has 0 atom stereocenters. The fraction of sp³-hybridized carbons (Fsp3) is 0.360. The Morgan fingerprint density at radius 3 is 2.45 bits per heavy atom. The van der Waals surface area contributed by atoms with Gasteiger partial charge in [0.2, 0.25) is 5.91 Å². The number of amides is 1. The lowest BCUT2D eigenvalue weighted by Crippen LogP contribution is -2.48. The fourth-order valence-electron chi connectivity index (χ4n) is 4.21. The van der Waals surface area contributed by atoms with Gasteiger partial charge >= 0.3 is 0 Å². The lowest BCUT2D eigenvalue weighted by atomic mass is 9.84. The van der Waals surface area contributed by atoms with Gasteiger partial charge in [-0.3, -0.25) is 9.78 Å². The van der Waals surface area contributed by atoms with Gasteiger partial charge in [0.05, 0.1) is 5.60 Å². The van der Waals surface area contributed by atoms with E-state index in [0.717, 1.165) is 22.1 Å². The molecule has 3 aromatic rings. The molecule has 4 rings (SSSR count). The van der Waals surface area contributed by atoms with Gasteiger partial charge in [0.1, 0.15) is 0 Å². The van der Waals surface area contributed by atoms with Gasteiger partial charge in [0.25, 0.3) is 0 Å². The Bertz CT molecular complexity index is 998. The fourth-order valence-corrected chi connectivity index (χ4v) is 4.21. The lowest BCUT2D eigenvalue weighted by Gasteiger charge is -2.39. The Morgan fingerprint density at radius 2 is 1.76 bits per heavy atom. The Balaban J connectivity index is 1.47. The molecule has 150 valence electrons. The van der Waals surface area contributed by atoms with E-state index in [1.54, 1.807) is 0 Å². The zero-order valence-electron chi connectivity index (χ0n) is 17.1. The van der Waals surface area contributed by atoms with Crippen molar-refractivity contribution in [2.24, 2.45) is 5.92 Å².